The van der Waals surface area contributed by atoms with Gasteiger partial charge in [-0.3, -0.25) is 9.78 Å². The number of ketones is 1. The molecule has 0 N–H and O–H groups in total. The van der Waals surface area contributed by atoms with Gasteiger partial charge in [0, 0.05) is 67.5 Å². The SMILES string of the molecule is CCC(=O)c1cnc(N2CCC(c3nc4c(c(C5CCC(F)(F)CC5)c3C(F)c3ccc(C(F)(F)F)cc3)C(OCc3ccc(OC)cc3)CC(C)(C)C4)CC2)nc1. The number of Topliss-reactive ketones (excluding diaryl/α,β-unsaturated/α-hetero) is 1. The van der Waals surface area contributed by atoms with Crippen molar-refractivity contribution in [3.63, 3.8) is 0 Å². The molecule has 7 rings (SSSR count). The number of piperidine rings is 1. The molecule has 2 atom stereocenters. The highest BCUT2D eigenvalue weighted by molar-refractivity contribution is 5.95. The molecule has 2 fully saturated rings. The fourth-order valence-corrected chi connectivity index (χ4v) is 8.93. The number of halogens is 6. The van der Waals surface area contributed by atoms with E-state index >= 15 is 4.39 Å². The van der Waals surface area contributed by atoms with E-state index in [4.69, 9.17) is 14.5 Å². The Hall–Kier alpha value is -4.52. The first-order chi connectivity index (χ1) is 27.6. The van der Waals surface area contributed by atoms with E-state index in [1.54, 1.807) is 14.0 Å². The van der Waals surface area contributed by atoms with E-state index in [-0.39, 0.29) is 60.5 Å². The van der Waals surface area contributed by atoms with Crippen LogP contribution in [0.15, 0.2) is 60.9 Å². The molecule has 1 saturated carbocycles. The van der Waals surface area contributed by atoms with Crippen molar-refractivity contribution in [2.45, 2.75) is 121 Å². The maximum Gasteiger partial charge on any atom is 0.416 e. The smallest absolute Gasteiger partial charge is 0.416 e. The molecule has 0 amide bonds. The van der Waals surface area contributed by atoms with Crippen molar-refractivity contribution in [2.24, 2.45) is 5.41 Å². The first kappa shape index (κ1) is 41.6. The second-order valence-electron chi connectivity index (χ2n) is 16.8. The van der Waals surface area contributed by atoms with E-state index in [0.29, 0.717) is 73.7 Å². The van der Waals surface area contributed by atoms with Gasteiger partial charge in [0.15, 0.2) is 12.0 Å². The molecule has 3 aliphatic rings. The van der Waals surface area contributed by atoms with Gasteiger partial charge in [0.05, 0.1) is 36.6 Å². The molecule has 2 aromatic carbocycles. The molecule has 2 aromatic heterocycles. The molecule has 3 heterocycles. The average molecular weight is 809 g/mol. The lowest BCUT2D eigenvalue weighted by Crippen LogP contribution is -2.36. The normalized spacial score (nSPS) is 20.4. The summed E-state index contributed by atoms with van der Waals surface area (Å²) in [6.45, 7) is 7.28. The van der Waals surface area contributed by atoms with Crippen molar-refractivity contribution in [3.05, 3.63) is 111 Å². The molecular weight excluding hydrogens is 759 g/mol. The zero-order valence-electron chi connectivity index (χ0n) is 33.3. The lowest BCUT2D eigenvalue weighted by atomic mass is 9.68. The van der Waals surface area contributed by atoms with Gasteiger partial charge in [0.1, 0.15) is 5.75 Å². The van der Waals surface area contributed by atoms with Crippen molar-refractivity contribution >= 4 is 11.7 Å². The predicted molar refractivity (Wildman–Crippen MR) is 208 cm³/mol. The van der Waals surface area contributed by atoms with E-state index in [2.05, 4.69) is 23.8 Å². The molecule has 13 heteroatoms. The summed E-state index contributed by atoms with van der Waals surface area (Å²) in [6.07, 6.45) is -1.90. The van der Waals surface area contributed by atoms with Gasteiger partial charge >= 0.3 is 6.18 Å². The number of hydrogen-bond acceptors (Lipinski definition) is 7. The van der Waals surface area contributed by atoms with Crippen LogP contribution in [0.25, 0.3) is 0 Å². The summed E-state index contributed by atoms with van der Waals surface area (Å²) in [5.74, 6) is -2.43. The topological polar surface area (TPSA) is 77.4 Å². The number of methoxy groups -OCH3 is 1. The van der Waals surface area contributed by atoms with Crippen molar-refractivity contribution in [2.75, 3.05) is 25.1 Å². The molecule has 1 saturated heterocycles. The fourth-order valence-electron chi connectivity index (χ4n) is 8.93. The highest BCUT2D eigenvalue weighted by atomic mass is 19.4. The van der Waals surface area contributed by atoms with Crippen LogP contribution in [0.2, 0.25) is 0 Å². The number of carbonyl (C=O) groups is 1. The number of fused-ring (bicyclic) bond motifs is 1. The zero-order valence-corrected chi connectivity index (χ0v) is 33.3. The van der Waals surface area contributed by atoms with Gasteiger partial charge in [-0.2, -0.15) is 13.2 Å². The first-order valence-electron chi connectivity index (χ1n) is 20.2. The number of carbonyl (C=O) groups excluding carboxylic acids is 1. The number of benzene rings is 2. The van der Waals surface area contributed by atoms with E-state index in [9.17, 15) is 26.7 Å². The third kappa shape index (κ3) is 9.04. The van der Waals surface area contributed by atoms with Crippen LogP contribution >= 0.6 is 0 Å². The summed E-state index contributed by atoms with van der Waals surface area (Å²) in [4.78, 5) is 28.4. The maximum absolute atomic E-state index is 17.7. The molecule has 0 radical (unpaired) electrons. The van der Waals surface area contributed by atoms with Crippen LogP contribution in [0.1, 0.15) is 151 Å². The van der Waals surface area contributed by atoms with Gasteiger partial charge in [-0.25, -0.2) is 23.1 Å². The van der Waals surface area contributed by atoms with Crippen LogP contribution in [-0.2, 0) is 23.9 Å². The van der Waals surface area contributed by atoms with Crippen molar-refractivity contribution in [3.8, 4) is 5.75 Å². The van der Waals surface area contributed by atoms with E-state index in [0.717, 1.165) is 29.0 Å². The summed E-state index contributed by atoms with van der Waals surface area (Å²) >= 11 is 0. The first-order valence-corrected chi connectivity index (χ1v) is 20.2. The Morgan fingerprint density at radius 3 is 2.14 bits per heavy atom. The minimum atomic E-state index is -4.61. The summed E-state index contributed by atoms with van der Waals surface area (Å²) in [5.41, 5.74) is 3.10. The van der Waals surface area contributed by atoms with Gasteiger partial charge < -0.3 is 14.4 Å². The maximum atomic E-state index is 17.7. The zero-order chi connectivity index (χ0) is 41.4. The summed E-state index contributed by atoms with van der Waals surface area (Å²) in [7, 11) is 1.59. The van der Waals surface area contributed by atoms with Crippen LogP contribution in [-0.4, -0.2) is 46.9 Å². The third-order valence-electron chi connectivity index (χ3n) is 12.1. The molecule has 1 aliphatic heterocycles. The average Bonchev–Trinajstić information content (AvgIpc) is 3.21. The fraction of sp³-hybridized carbons (Fsp3) is 0.511. The summed E-state index contributed by atoms with van der Waals surface area (Å²) in [5, 5.41) is 0. The Morgan fingerprint density at radius 1 is 0.914 bits per heavy atom. The highest BCUT2D eigenvalue weighted by Gasteiger charge is 2.44. The minimum absolute atomic E-state index is 0.0396. The Bertz CT molecular complexity index is 2050. The molecule has 4 aromatic rings. The highest BCUT2D eigenvalue weighted by Crippen LogP contribution is 2.53. The van der Waals surface area contributed by atoms with E-state index < -0.39 is 35.9 Å². The number of anilines is 1. The number of hydrogen-bond donors (Lipinski definition) is 0. The predicted octanol–water partition coefficient (Wildman–Crippen LogP) is 11.5. The molecule has 7 nitrogen and oxygen atoms in total. The third-order valence-corrected chi connectivity index (χ3v) is 12.1. The van der Waals surface area contributed by atoms with Crippen LogP contribution in [0.5, 0.6) is 5.75 Å². The Labute approximate surface area is 335 Å². The van der Waals surface area contributed by atoms with Crippen LogP contribution in [0, 0.1) is 5.41 Å². The van der Waals surface area contributed by atoms with Crippen LogP contribution in [0.4, 0.5) is 32.3 Å². The van der Waals surface area contributed by atoms with Gasteiger partial charge in [-0.05, 0) is 90.8 Å². The monoisotopic (exact) mass is 808 g/mol. The standard InChI is InChI=1S/C45H50F6N4O3/c1-5-35(56)31-24-52-42(53-25-31)55-20-16-30(17-21-55)41-39(40(46)29-8-10-32(11-9-29)45(49,50)51)37(28-14-18-44(47,48)19-15-28)38-34(54-41)22-43(2,3)23-36(38)58-26-27-6-12-33(57-4)13-7-27/h6-13,24-25,28,30,36,40H,5,14-23,26H2,1-4H3. The molecule has 0 spiro atoms. The van der Waals surface area contributed by atoms with Gasteiger partial charge in [-0.1, -0.05) is 45.0 Å². The van der Waals surface area contributed by atoms with Gasteiger partial charge in [-0.15, -0.1) is 0 Å². The summed E-state index contributed by atoms with van der Waals surface area (Å²) in [6, 6.07) is 11.6. The van der Waals surface area contributed by atoms with E-state index in [1.807, 2.05) is 29.2 Å². The number of rotatable bonds is 11. The molecular formula is C45H50F6N4O3. The van der Waals surface area contributed by atoms with Crippen molar-refractivity contribution in [1.29, 1.82) is 0 Å². The molecule has 2 aliphatic carbocycles. The van der Waals surface area contributed by atoms with Crippen molar-refractivity contribution < 1.29 is 40.6 Å². The number of nitrogens with zero attached hydrogens (tertiary/aromatic N) is 4. The number of alkyl halides is 6. The number of aromatic nitrogens is 3. The molecule has 0 bridgehead atoms. The molecule has 2 unspecified atom stereocenters. The van der Waals surface area contributed by atoms with E-state index in [1.165, 1.54) is 24.5 Å². The second-order valence-corrected chi connectivity index (χ2v) is 16.8. The number of pyridine rings is 1. The Kier molecular flexibility index (Phi) is 11.9. The van der Waals surface area contributed by atoms with Crippen LogP contribution < -0.4 is 9.64 Å². The van der Waals surface area contributed by atoms with Crippen molar-refractivity contribution in [1.82, 2.24) is 15.0 Å². The lowest BCUT2D eigenvalue weighted by Gasteiger charge is -2.42. The van der Waals surface area contributed by atoms with Gasteiger partial charge in [0.25, 0.3) is 0 Å². The molecule has 58 heavy (non-hydrogen) atoms. The Balaban J connectivity index is 1.34. The number of ether oxygens (including phenoxy) is 2. The largest absolute Gasteiger partial charge is 0.497 e. The molecule has 310 valence electrons. The second kappa shape index (κ2) is 16.6. The minimum Gasteiger partial charge on any atom is -0.497 e. The van der Waals surface area contributed by atoms with Gasteiger partial charge in [0.2, 0.25) is 11.9 Å². The Morgan fingerprint density at radius 2 is 1.55 bits per heavy atom. The quantitative estimate of drug-likeness (QED) is 0.110. The lowest BCUT2D eigenvalue weighted by molar-refractivity contribution is -0.137. The van der Waals surface area contributed by atoms with Crippen LogP contribution in [0.3, 0.4) is 0 Å². The summed E-state index contributed by atoms with van der Waals surface area (Å²) < 4.78 is 100.